The van der Waals surface area contributed by atoms with Crippen molar-refractivity contribution in [1.29, 1.82) is 5.26 Å². The van der Waals surface area contributed by atoms with Crippen molar-refractivity contribution in [3.05, 3.63) is 0 Å². The van der Waals surface area contributed by atoms with Crippen molar-refractivity contribution >= 4 is 5.78 Å². The minimum Gasteiger partial charge on any atom is -0.299 e. The first-order valence-electron chi connectivity index (χ1n) is 4.16. The maximum Gasteiger partial charge on any atom is 0.139 e. The maximum atomic E-state index is 11.4. The Hall–Kier alpha value is -0.840. The Morgan fingerprint density at radius 1 is 1.73 bits per heavy atom. The standard InChI is InChI=1S/C9H13NO/c1-7(5-6-10)9(11)8-3-2-4-8/h7-8H,2-5H2,1H3. The van der Waals surface area contributed by atoms with Crippen molar-refractivity contribution in [3.63, 3.8) is 0 Å². The van der Waals surface area contributed by atoms with E-state index >= 15 is 0 Å². The van der Waals surface area contributed by atoms with Crippen molar-refractivity contribution in [2.45, 2.75) is 32.6 Å². The van der Waals surface area contributed by atoms with Crippen LogP contribution >= 0.6 is 0 Å². The van der Waals surface area contributed by atoms with Crippen LogP contribution in [0, 0.1) is 23.2 Å². The van der Waals surface area contributed by atoms with Gasteiger partial charge >= 0.3 is 0 Å². The van der Waals surface area contributed by atoms with Crippen molar-refractivity contribution in [1.82, 2.24) is 0 Å². The van der Waals surface area contributed by atoms with Gasteiger partial charge < -0.3 is 0 Å². The fourth-order valence-corrected chi connectivity index (χ4v) is 1.33. The molecular formula is C9H13NO. The van der Waals surface area contributed by atoms with Gasteiger partial charge in [-0.05, 0) is 12.8 Å². The van der Waals surface area contributed by atoms with Crippen molar-refractivity contribution in [2.24, 2.45) is 11.8 Å². The zero-order valence-electron chi connectivity index (χ0n) is 6.84. The second-order valence-corrected chi connectivity index (χ2v) is 3.29. The Morgan fingerprint density at radius 2 is 2.36 bits per heavy atom. The van der Waals surface area contributed by atoms with Crippen LogP contribution < -0.4 is 0 Å². The molecule has 1 saturated carbocycles. The van der Waals surface area contributed by atoms with E-state index in [1.165, 1.54) is 6.42 Å². The van der Waals surface area contributed by atoms with Gasteiger partial charge in [0.2, 0.25) is 0 Å². The normalized spacial score (nSPS) is 20.0. The number of nitriles is 1. The molecule has 1 atom stereocenters. The van der Waals surface area contributed by atoms with Crippen LogP contribution in [0.2, 0.25) is 0 Å². The van der Waals surface area contributed by atoms with Crippen molar-refractivity contribution in [2.75, 3.05) is 0 Å². The molecule has 0 aliphatic heterocycles. The molecule has 1 aliphatic carbocycles. The summed E-state index contributed by atoms with van der Waals surface area (Å²) >= 11 is 0. The molecule has 0 saturated heterocycles. The molecule has 60 valence electrons. The molecule has 1 fully saturated rings. The van der Waals surface area contributed by atoms with E-state index in [1.807, 2.05) is 13.0 Å². The van der Waals surface area contributed by atoms with Gasteiger partial charge in [0.25, 0.3) is 0 Å². The van der Waals surface area contributed by atoms with Crippen molar-refractivity contribution < 1.29 is 4.79 Å². The lowest BCUT2D eigenvalue weighted by molar-refractivity contribution is -0.128. The van der Waals surface area contributed by atoms with Crippen LogP contribution in [0.4, 0.5) is 0 Å². The Morgan fingerprint density at radius 3 is 2.73 bits per heavy atom. The van der Waals surface area contributed by atoms with Crippen LogP contribution in [0.25, 0.3) is 0 Å². The molecule has 2 nitrogen and oxygen atoms in total. The monoisotopic (exact) mass is 151 g/mol. The first kappa shape index (κ1) is 8.26. The molecular weight excluding hydrogens is 138 g/mol. The molecule has 11 heavy (non-hydrogen) atoms. The topological polar surface area (TPSA) is 40.9 Å². The number of hydrogen-bond donors (Lipinski definition) is 0. The molecule has 0 radical (unpaired) electrons. The van der Waals surface area contributed by atoms with E-state index in [-0.39, 0.29) is 5.92 Å². The van der Waals surface area contributed by atoms with E-state index in [1.54, 1.807) is 0 Å². The quantitative estimate of drug-likeness (QED) is 0.618. The molecule has 0 spiro atoms. The Balaban J connectivity index is 2.34. The van der Waals surface area contributed by atoms with Crippen LogP contribution in [-0.4, -0.2) is 5.78 Å². The Bertz CT molecular complexity index is 188. The maximum absolute atomic E-state index is 11.4. The van der Waals surface area contributed by atoms with E-state index in [0.717, 1.165) is 12.8 Å². The highest BCUT2D eigenvalue weighted by molar-refractivity contribution is 5.83. The molecule has 0 heterocycles. The van der Waals surface area contributed by atoms with Gasteiger partial charge in [-0.1, -0.05) is 13.3 Å². The third-order valence-electron chi connectivity index (χ3n) is 2.39. The summed E-state index contributed by atoms with van der Waals surface area (Å²) < 4.78 is 0. The van der Waals surface area contributed by atoms with Crippen LogP contribution in [0.3, 0.4) is 0 Å². The second kappa shape index (κ2) is 3.52. The molecule has 0 amide bonds. The number of carbonyl (C=O) groups is 1. The SMILES string of the molecule is CC(CC#N)C(=O)C1CCC1. The molecule has 0 aromatic heterocycles. The Labute approximate surface area is 67.2 Å². The second-order valence-electron chi connectivity index (χ2n) is 3.29. The minimum atomic E-state index is -0.0368. The summed E-state index contributed by atoms with van der Waals surface area (Å²) in [6, 6.07) is 2.03. The van der Waals surface area contributed by atoms with Gasteiger partial charge in [-0.3, -0.25) is 4.79 Å². The molecule has 1 rings (SSSR count). The van der Waals surface area contributed by atoms with Crippen LogP contribution in [-0.2, 0) is 4.79 Å². The average molecular weight is 151 g/mol. The highest BCUT2D eigenvalue weighted by Gasteiger charge is 2.28. The van der Waals surface area contributed by atoms with Gasteiger partial charge in [-0.25, -0.2) is 0 Å². The lowest BCUT2D eigenvalue weighted by Crippen LogP contribution is -2.26. The number of hydrogen-bond acceptors (Lipinski definition) is 2. The largest absolute Gasteiger partial charge is 0.299 e. The number of rotatable bonds is 3. The van der Waals surface area contributed by atoms with Crippen LogP contribution in [0.1, 0.15) is 32.6 Å². The highest BCUT2D eigenvalue weighted by Crippen LogP contribution is 2.30. The molecule has 1 unspecified atom stereocenters. The molecule has 1 aliphatic rings. The Kier molecular flexibility index (Phi) is 2.64. The zero-order valence-corrected chi connectivity index (χ0v) is 6.84. The third kappa shape index (κ3) is 1.80. The fourth-order valence-electron chi connectivity index (χ4n) is 1.33. The summed E-state index contributed by atoms with van der Waals surface area (Å²) in [7, 11) is 0. The number of Topliss-reactive ketones (excluding diaryl/α,β-unsaturated/α-hetero) is 1. The van der Waals surface area contributed by atoms with E-state index in [2.05, 4.69) is 0 Å². The zero-order chi connectivity index (χ0) is 8.27. The summed E-state index contributed by atoms with van der Waals surface area (Å²) in [4.78, 5) is 11.4. The van der Waals surface area contributed by atoms with Crippen LogP contribution in [0.15, 0.2) is 0 Å². The molecule has 0 aromatic carbocycles. The fraction of sp³-hybridized carbons (Fsp3) is 0.778. The molecule has 2 heteroatoms. The first-order chi connectivity index (χ1) is 5.25. The van der Waals surface area contributed by atoms with E-state index < -0.39 is 0 Å². The number of carbonyl (C=O) groups excluding carboxylic acids is 1. The average Bonchev–Trinajstić information content (AvgIpc) is 1.84. The summed E-state index contributed by atoms with van der Waals surface area (Å²) in [5.74, 6) is 0.557. The first-order valence-corrected chi connectivity index (χ1v) is 4.16. The molecule has 0 aromatic rings. The third-order valence-corrected chi connectivity index (χ3v) is 2.39. The number of nitrogens with zero attached hydrogens (tertiary/aromatic N) is 1. The molecule has 0 N–H and O–H groups in total. The van der Waals surface area contributed by atoms with Gasteiger partial charge in [-0.15, -0.1) is 0 Å². The van der Waals surface area contributed by atoms with E-state index in [4.69, 9.17) is 5.26 Å². The highest BCUT2D eigenvalue weighted by atomic mass is 16.1. The van der Waals surface area contributed by atoms with E-state index in [0.29, 0.717) is 18.1 Å². The lowest BCUT2D eigenvalue weighted by Gasteiger charge is -2.25. The smallest absolute Gasteiger partial charge is 0.139 e. The van der Waals surface area contributed by atoms with Gasteiger partial charge in [0.05, 0.1) is 6.07 Å². The predicted molar refractivity (Wildman–Crippen MR) is 41.7 cm³/mol. The van der Waals surface area contributed by atoms with Gasteiger partial charge in [0.1, 0.15) is 5.78 Å². The summed E-state index contributed by atoms with van der Waals surface area (Å²) in [6.07, 6.45) is 3.67. The van der Waals surface area contributed by atoms with Gasteiger partial charge in [0, 0.05) is 18.3 Å². The predicted octanol–water partition coefficient (Wildman–Crippen LogP) is 1.91. The number of ketones is 1. The van der Waals surface area contributed by atoms with E-state index in [9.17, 15) is 4.79 Å². The summed E-state index contributed by atoms with van der Waals surface area (Å²) in [5, 5.41) is 8.36. The van der Waals surface area contributed by atoms with Crippen LogP contribution in [0.5, 0.6) is 0 Å². The van der Waals surface area contributed by atoms with Gasteiger partial charge in [0.15, 0.2) is 0 Å². The molecule has 0 bridgehead atoms. The summed E-state index contributed by atoms with van der Waals surface area (Å²) in [6.45, 7) is 1.85. The summed E-state index contributed by atoms with van der Waals surface area (Å²) in [5.41, 5.74) is 0. The van der Waals surface area contributed by atoms with Crippen molar-refractivity contribution in [3.8, 4) is 6.07 Å². The lowest BCUT2D eigenvalue weighted by atomic mass is 9.78. The minimum absolute atomic E-state index is 0.0368. The van der Waals surface area contributed by atoms with Gasteiger partial charge in [-0.2, -0.15) is 5.26 Å².